The molecule has 0 spiro atoms. The molecule has 0 aliphatic rings. The number of aliphatic carboxylic acids is 1. The molecule has 1 aromatic carbocycles. The van der Waals surface area contributed by atoms with Crippen molar-refractivity contribution in [1.29, 1.82) is 0 Å². The molecule has 2 aromatic rings. The van der Waals surface area contributed by atoms with Crippen molar-refractivity contribution < 1.29 is 19.1 Å². The Morgan fingerprint density at radius 3 is 2.63 bits per heavy atom. The normalized spacial score (nSPS) is 11.5. The standard InChI is InChI=1S/C13H12FNO3S/c1-13(2,12(17)18)15-11(16)10-6-7-8(14)4-3-5-9(7)19-10/h3-6H,1-2H3,(H,15,16)(H,17,18). The quantitative estimate of drug-likeness (QED) is 0.909. The highest BCUT2D eigenvalue weighted by Gasteiger charge is 2.29. The summed E-state index contributed by atoms with van der Waals surface area (Å²) < 4.78 is 14.2. The van der Waals surface area contributed by atoms with E-state index in [9.17, 15) is 14.0 Å². The lowest BCUT2D eigenvalue weighted by Gasteiger charge is -2.20. The van der Waals surface area contributed by atoms with Crippen LogP contribution >= 0.6 is 11.3 Å². The highest BCUT2D eigenvalue weighted by molar-refractivity contribution is 7.20. The molecule has 100 valence electrons. The number of carbonyl (C=O) groups excluding carboxylic acids is 1. The summed E-state index contributed by atoms with van der Waals surface area (Å²) in [5.74, 6) is -2.05. The Balaban J connectivity index is 2.32. The van der Waals surface area contributed by atoms with Crippen LogP contribution in [0.4, 0.5) is 4.39 Å². The van der Waals surface area contributed by atoms with Gasteiger partial charge in [0.1, 0.15) is 11.4 Å². The number of amides is 1. The first-order valence-corrected chi connectivity index (χ1v) is 6.37. The van der Waals surface area contributed by atoms with Gasteiger partial charge >= 0.3 is 5.97 Å². The maximum absolute atomic E-state index is 13.5. The van der Waals surface area contributed by atoms with E-state index in [-0.39, 0.29) is 4.88 Å². The Bertz CT molecular complexity index is 663. The molecule has 0 aliphatic carbocycles. The van der Waals surface area contributed by atoms with Gasteiger partial charge in [0.15, 0.2) is 0 Å². The van der Waals surface area contributed by atoms with E-state index in [1.165, 1.54) is 26.0 Å². The summed E-state index contributed by atoms with van der Waals surface area (Å²) in [6.07, 6.45) is 0. The Morgan fingerprint density at radius 1 is 1.37 bits per heavy atom. The average Bonchev–Trinajstić information content (AvgIpc) is 2.73. The molecule has 0 aliphatic heterocycles. The molecule has 19 heavy (non-hydrogen) atoms. The minimum Gasteiger partial charge on any atom is -0.480 e. The maximum Gasteiger partial charge on any atom is 0.328 e. The Hall–Kier alpha value is -1.95. The van der Waals surface area contributed by atoms with Crippen LogP contribution in [0.3, 0.4) is 0 Å². The summed E-state index contributed by atoms with van der Waals surface area (Å²) in [5, 5.41) is 11.7. The van der Waals surface area contributed by atoms with Crippen LogP contribution in [0.15, 0.2) is 24.3 Å². The third kappa shape index (κ3) is 2.58. The van der Waals surface area contributed by atoms with Crippen LogP contribution in [0.25, 0.3) is 10.1 Å². The average molecular weight is 281 g/mol. The van der Waals surface area contributed by atoms with Gasteiger partial charge in [-0.1, -0.05) is 6.07 Å². The zero-order valence-electron chi connectivity index (χ0n) is 10.4. The van der Waals surface area contributed by atoms with Gasteiger partial charge in [0.2, 0.25) is 0 Å². The fourth-order valence-electron chi connectivity index (χ4n) is 1.54. The summed E-state index contributed by atoms with van der Waals surface area (Å²) in [7, 11) is 0. The van der Waals surface area contributed by atoms with E-state index in [2.05, 4.69) is 5.32 Å². The Kier molecular flexibility index (Phi) is 3.28. The minimum atomic E-state index is -1.37. The van der Waals surface area contributed by atoms with Gasteiger partial charge < -0.3 is 10.4 Å². The molecule has 1 heterocycles. The number of hydrogen-bond donors (Lipinski definition) is 2. The van der Waals surface area contributed by atoms with Gasteiger partial charge in [-0.2, -0.15) is 0 Å². The summed E-state index contributed by atoms with van der Waals surface area (Å²) in [6, 6.07) is 6.03. The van der Waals surface area contributed by atoms with Gasteiger partial charge in [-0.25, -0.2) is 9.18 Å². The fourth-order valence-corrected chi connectivity index (χ4v) is 2.51. The van der Waals surface area contributed by atoms with E-state index in [4.69, 9.17) is 5.11 Å². The smallest absolute Gasteiger partial charge is 0.328 e. The Labute approximate surface area is 112 Å². The number of nitrogens with one attached hydrogen (secondary N) is 1. The van der Waals surface area contributed by atoms with E-state index in [0.29, 0.717) is 10.1 Å². The van der Waals surface area contributed by atoms with Gasteiger partial charge in [-0.05, 0) is 32.0 Å². The van der Waals surface area contributed by atoms with E-state index in [1.807, 2.05) is 0 Å². The molecule has 0 radical (unpaired) electrons. The second kappa shape index (κ2) is 4.62. The molecule has 2 rings (SSSR count). The van der Waals surface area contributed by atoms with Crippen LogP contribution in [0.2, 0.25) is 0 Å². The van der Waals surface area contributed by atoms with Gasteiger partial charge in [0, 0.05) is 10.1 Å². The second-order valence-electron chi connectivity index (χ2n) is 4.65. The van der Waals surface area contributed by atoms with E-state index in [0.717, 1.165) is 11.3 Å². The summed E-state index contributed by atoms with van der Waals surface area (Å²) in [6.45, 7) is 2.78. The first kappa shape index (κ1) is 13.5. The van der Waals surface area contributed by atoms with Crippen molar-refractivity contribution in [2.45, 2.75) is 19.4 Å². The summed E-state index contributed by atoms with van der Waals surface area (Å²) in [5.41, 5.74) is -1.37. The predicted octanol–water partition coefficient (Wildman–Crippen LogP) is 2.63. The molecule has 1 aromatic heterocycles. The molecule has 0 unspecified atom stereocenters. The SMILES string of the molecule is CC(C)(NC(=O)c1cc2c(F)cccc2s1)C(=O)O. The molecular formula is C13H12FNO3S. The van der Waals surface area contributed by atoms with Crippen molar-refractivity contribution in [2.24, 2.45) is 0 Å². The molecule has 0 saturated carbocycles. The van der Waals surface area contributed by atoms with Crippen LogP contribution < -0.4 is 5.32 Å². The first-order valence-electron chi connectivity index (χ1n) is 5.55. The lowest BCUT2D eigenvalue weighted by atomic mass is 10.1. The van der Waals surface area contributed by atoms with Crippen LogP contribution in [-0.2, 0) is 4.79 Å². The van der Waals surface area contributed by atoms with Crippen LogP contribution in [0, 0.1) is 5.82 Å². The van der Waals surface area contributed by atoms with Gasteiger partial charge in [0.25, 0.3) is 5.91 Å². The van der Waals surface area contributed by atoms with E-state index < -0.39 is 23.2 Å². The molecule has 0 atom stereocenters. The molecule has 4 nitrogen and oxygen atoms in total. The molecule has 0 saturated heterocycles. The van der Waals surface area contributed by atoms with E-state index >= 15 is 0 Å². The molecule has 6 heteroatoms. The Morgan fingerprint density at radius 2 is 2.05 bits per heavy atom. The zero-order valence-corrected chi connectivity index (χ0v) is 11.2. The largest absolute Gasteiger partial charge is 0.480 e. The number of benzene rings is 1. The summed E-state index contributed by atoms with van der Waals surface area (Å²) in [4.78, 5) is 23.2. The van der Waals surface area contributed by atoms with Gasteiger partial charge in [0.05, 0.1) is 4.88 Å². The van der Waals surface area contributed by atoms with Crippen LogP contribution in [0.5, 0.6) is 0 Å². The van der Waals surface area contributed by atoms with Crippen molar-refractivity contribution in [2.75, 3.05) is 0 Å². The topological polar surface area (TPSA) is 66.4 Å². The number of thiophene rings is 1. The van der Waals surface area contributed by atoms with Crippen LogP contribution in [0.1, 0.15) is 23.5 Å². The molecular weight excluding hydrogens is 269 g/mol. The lowest BCUT2D eigenvalue weighted by molar-refractivity contribution is -0.143. The fraction of sp³-hybridized carbons (Fsp3) is 0.231. The monoisotopic (exact) mass is 281 g/mol. The predicted molar refractivity (Wildman–Crippen MR) is 71.0 cm³/mol. The number of carboxylic acid groups (broad SMARTS) is 1. The first-order chi connectivity index (χ1) is 8.81. The van der Waals surface area contributed by atoms with Gasteiger partial charge in [-0.3, -0.25) is 4.79 Å². The van der Waals surface area contributed by atoms with Crippen molar-refractivity contribution in [3.05, 3.63) is 35.0 Å². The molecule has 0 fully saturated rings. The third-order valence-electron chi connectivity index (χ3n) is 2.69. The lowest BCUT2D eigenvalue weighted by Crippen LogP contribution is -2.49. The molecule has 0 bridgehead atoms. The highest BCUT2D eigenvalue weighted by atomic mass is 32.1. The summed E-state index contributed by atoms with van der Waals surface area (Å²) >= 11 is 1.13. The van der Waals surface area contributed by atoms with Crippen molar-refractivity contribution in [1.82, 2.24) is 5.32 Å². The second-order valence-corrected chi connectivity index (χ2v) is 5.73. The number of rotatable bonds is 3. The van der Waals surface area contributed by atoms with Crippen molar-refractivity contribution >= 4 is 33.3 Å². The number of halogens is 1. The van der Waals surface area contributed by atoms with Crippen molar-refractivity contribution in [3.8, 4) is 0 Å². The number of carboxylic acids is 1. The third-order valence-corrected chi connectivity index (χ3v) is 3.79. The zero-order chi connectivity index (χ0) is 14.2. The number of carbonyl (C=O) groups is 2. The van der Waals surface area contributed by atoms with Crippen LogP contribution in [-0.4, -0.2) is 22.5 Å². The van der Waals surface area contributed by atoms with E-state index in [1.54, 1.807) is 12.1 Å². The number of fused-ring (bicyclic) bond motifs is 1. The minimum absolute atomic E-state index is 0.287. The maximum atomic E-state index is 13.5. The highest BCUT2D eigenvalue weighted by Crippen LogP contribution is 2.27. The number of hydrogen-bond acceptors (Lipinski definition) is 3. The van der Waals surface area contributed by atoms with Crippen molar-refractivity contribution in [3.63, 3.8) is 0 Å². The molecule has 2 N–H and O–H groups in total. The van der Waals surface area contributed by atoms with Gasteiger partial charge in [-0.15, -0.1) is 11.3 Å². The molecule has 1 amide bonds.